The van der Waals surface area contributed by atoms with Crippen molar-refractivity contribution in [2.75, 3.05) is 20.2 Å². The van der Waals surface area contributed by atoms with Crippen LogP contribution in [-0.2, 0) is 19.6 Å². The van der Waals surface area contributed by atoms with Crippen molar-refractivity contribution in [2.24, 2.45) is 0 Å². The number of nitrogens with zero attached hydrogens (tertiary/aromatic N) is 1. The van der Waals surface area contributed by atoms with Crippen molar-refractivity contribution < 1.29 is 17.9 Å². The van der Waals surface area contributed by atoms with Gasteiger partial charge in [-0.15, -0.1) is 0 Å². The lowest BCUT2D eigenvalue weighted by molar-refractivity contribution is -0.139. The maximum absolute atomic E-state index is 12.5. The first kappa shape index (κ1) is 14.7. The van der Waals surface area contributed by atoms with Crippen molar-refractivity contribution in [1.29, 1.82) is 0 Å². The van der Waals surface area contributed by atoms with Crippen LogP contribution in [0.15, 0.2) is 0 Å². The Morgan fingerprint density at radius 3 is 2.58 bits per heavy atom. The first-order valence-corrected chi connectivity index (χ1v) is 8.29. The lowest BCUT2D eigenvalue weighted by Crippen LogP contribution is -2.47. The van der Waals surface area contributed by atoms with Gasteiger partial charge in [0.05, 0.1) is 7.11 Å². The minimum atomic E-state index is -3.62. The number of rotatable bonds is 6. The summed E-state index contributed by atoms with van der Waals surface area (Å²) in [6, 6.07) is 0.278. The average molecular weight is 290 g/mol. The normalized spacial score (nSPS) is 25.5. The van der Waals surface area contributed by atoms with Gasteiger partial charge in [-0.3, -0.25) is 4.79 Å². The Morgan fingerprint density at radius 2 is 2.11 bits per heavy atom. The zero-order valence-electron chi connectivity index (χ0n) is 11.5. The molecule has 1 saturated heterocycles. The molecule has 1 heterocycles. The van der Waals surface area contributed by atoms with Gasteiger partial charge in [0.2, 0.25) is 10.0 Å². The Labute approximate surface area is 114 Å². The molecule has 0 aromatic rings. The average Bonchev–Trinajstić information content (AvgIpc) is 3.10. The van der Waals surface area contributed by atoms with Crippen LogP contribution in [0.4, 0.5) is 0 Å². The molecule has 1 aliphatic heterocycles. The fraction of sp³-hybridized carbons (Fsp3) is 0.917. The molecule has 0 aromatic heterocycles. The van der Waals surface area contributed by atoms with Gasteiger partial charge in [0, 0.05) is 18.6 Å². The van der Waals surface area contributed by atoms with Gasteiger partial charge in [0.15, 0.2) is 5.25 Å². The number of sulfonamides is 1. The van der Waals surface area contributed by atoms with E-state index in [1.54, 1.807) is 0 Å². The first-order valence-electron chi connectivity index (χ1n) is 6.78. The molecule has 110 valence electrons. The summed E-state index contributed by atoms with van der Waals surface area (Å²) in [6.45, 7) is 2.81. The van der Waals surface area contributed by atoms with Gasteiger partial charge >= 0.3 is 5.97 Å². The molecule has 0 bridgehead atoms. The predicted molar refractivity (Wildman–Crippen MR) is 71.2 cm³/mol. The topological polar surface area (TPSA) is 75.7 Å². The highest BCUT2D eigenvalue weighted by Gasteiger charge is 2.43. The Morgan fingerprint density at radius 1 is 1.42 bits per heavy atom. The van der Waals surface area contributed by atoms with Crippen molar-refractivity contribution in [3.05, 3.63) is 0 Å². The molecular formula is C12H22N2O4S. The molecule has 2 fully saturated rings. The highest BCUT2D eigenvalue weighted by atomic mass is 32.2. The number of esters is 1. The molecule has 6 nitrogen and oxygen atoms in total. The van der Waals surface area contributed by atoms with E-state index in [1.165, 1.54) is 18.3 Å². The van der Waals surface area contributed by atoms with Crippen LogP contribution in [0.1, 0.15) is 32.6 Å². The largest absolute Gasteiger partial charge is 0.468 e. The van der Waals surface area contributed by atoms with Crippen molar-refractivity contribution >= 4 is 16.0 Å². The van der Waals surface area contributed by atoms with Crippen LogP contribution >= 0.6 is 0 Å². The number of hydrogen-bond acceptors (Lipinski definition) is 5. The van der Waals surface area contributed by atoms with E-state index in [-0.39, 0.29) is 12.1 Å². The summed E-state index contributed by atoms with van der Waals surface area (Å²) in [4.78, 5) is 11.5. The second-order valence-electron chi connectivity index (χ2n) is 5.30. The summed E-state index contributed by atoms with van der Waals surface area (Å²) in [5, 5.41) is 2.18. The molecule has 0 amide bonds. The third kappa shape index (κ3) is 3.27. The van der Waals surface area contributed by atoms with E-state index in [9.17, 15) is 13.2 Å². The Balaban J connectivity index is 2.10. The maximum Gasteiger partial charge on any atom is 0.325 e. The molecular weight excluding hydrogens is 268 g/mol. The number of ether oxygens (including phenoxy) is 1. The summed E-state index contributed by atoms with van der Waals surface area (Å²) in [6.07, 6.45) is 3.85. The first-order chi connectivity index (χ1) is 8.96. The molecule has 0 aromatic carbocycles. The lowest BCUT2D eigenvalue weighted by atomic mass is 10.2. The molecule has 1 N–H and O–H groups in total. The molecule has 2 atom stereocenters. The fourth-order valence-electron chi connectivity index (χ4n) is 2.44. The van der Waals surface area contributed by atoms with E-state index in [2.05, 4.69) is 10.1 Å². The smallest absolute Gasteiger partial charge is 0.325 e. The third-order valence-corrected chi connectivity index (χ3v) is 6.01. The Hall–Kier alpha value is -0.660. The number of methoxy groups -OCH3 is 1. The van der Waals surface area contributed by atoms with Crippen LogP contribution in [0.5, 0.6) is 0 Å². The van der Waals surface area contributed by atoms with E-state index in [4.69, 9.17) is 0 Å². The van der Waals surface area contributed by atoms with Gasteiger partial charge in [0.1, 0.15) is 0 Å². The number of carbonyl (C=O) groups is 1. The van der Waals surface area contributed by atoms with Gasteiger partial charge in [-0.1, -0.05) is 0 Å². The Kier molecular flexibility index (Phi) is 4.47. The van der Waals surface area contributed by atoms with Crippen LogP contribution in [0.3, 0.4) is 0 Å². The lowest BCUT2D eigenvalue weighted by Gasteiger charge is -2.27. The minimum Gasteiger partial charge on any atom is -0.468 e. The monoisotopic (exact) mass is 290 g/mol. The standard InChI is InChI=1S/C12H22N2O4S/c1-9(12(15)18-2)19(16,17)14(11-5-6-11)8-10-4-3-7-13-10/h9-11,13H,3-8H2,1-2H3. The summed E-state index contributed by atoms with van der Waals surface area (Å²) < 4.78 is 31.1. The second kappa shape index (κ2) is 5.76. The predicted octanol–water partition coefficient (Wildman–Crippen LogP) is 0.0941. The molecule has 2 rings (SSSR count). The van der Waals surface area contributed by atoms with E-state index in [1.807, 2.05) is 0 Å². The van der Waals surface area contributed by atoms with Crippen molar-refractivity contribution in [3.8, 4) is 0 Å². The summed E-state index contributed by atoms with van der Waals surface area (Å²) in [5.41, 5.74) is 0. The van der Waals surface area contributed by atoms with E-state index in [0.29, 0.717) is 6.54 Å². The van der Waals surface area contributed by atoms with E-state index in [0.717, 1.165) is 32.2 Å². The van der Waals surface area contributed by atoms with Crippen LogP contribution in [0.25, 0.3) is 0 Å². The van der Waals surface area contributed by atoms with Crippen LogP contribution in [-0.4, -0.2) is 56.2 Å². The van der Waals surface area contributed by atoms with Crippen LogP contribution in [0, 0.1) is 0 Å². The van der Waals surface area contributed by atoms with Gasteiger partial charge in [-0.25, -0.2) is 8.42 Å². The number of hydrogen-bond donors (Lipinski definition) is 1. The van der Waals surface area contributed by atoms with Crippen molar-refractivity contribution in [2.45, 2.75) is 49.9 Å². The highest BCUT2D eigenvalue weighted by molar-refractivity contribution is 7.90. The van der Waals surface area contributed by atoms with Crippen LogP contribution < -0.4 is 5.32 Å². The van der Waals surface area contributed by atoms with Crippen molar-refractivity contribution in [1.82, 2.24) is 9.62 Å². The molecule has 19 heavy (non-hydrogen) atoms. The SMILES string of the molecule is COC(=O)C(C)S(=O)(=O)N(CC1CCCN1)C1CC1. The number of carbonyl (C=O) groups excluding carboxylic acids is 1. The molecule has 7 heteroatoms. The van der Waals surface area contributed by atoms with Gasteiger partial charge in [-0.05, 0) is 39.2 Å². The summed E-state index contributed by atoms with van der Waals surface area (Å²) >= 11 is 0. The van der Waals surface area contributed by atoms with Gasteiger partial charge in [0.25, 0.3) is 0 Å². The molecule has 0 radical (unpaired) electrons. The second-order valence-corrected chi connectivity index (χ2v) is 7.51. The Bertz CT molecular complexity index is 427. The van der Waals surface area contributed by atoms with Gasteiger partial charge < -0.3 is 10.1 Å². The molecule has 0 spiro atoms. The number of nitrogens with one attached hydrogen (secondary N) is 1. The molecule has 2 aliphatic rings. The molecule has 2 unspecified atom stereocenters. The third-order valence-electron chi connectivity index (χ3n) is 3.82. The fourth-order valence-corrected chi connectivity index (χ4v) is 4.20. The van der Waals surface area contributed by atoms with Crippen molar-refractivity contribution in [3.63, 3.8) is 0 Å². The maximum atomic E-state index is 12.5. The van der Waals surface area contributed by atoms with E-state index >= 15 is 0 Å². The highest BCUT2D eigenvalue weighted by Crippen LogP contribution is 2.31. The van der Waals surface area contributed by atoms with E-state index < -0.39 is 21.2 Å². The van der Waals surface area contributed by atoms with Gasteiger partial charge in [-0.2, -0.15) is 4.31 Å². The summed E-state index contributed by atoms with van der Waals surface area (Å²) in [7, 11) is -2.40. The summed E-state index contributed by atoms with van der Waals surface area (Å²) in [5.74, 6) is -0.690. The molecule has 1 saturated carbocycles. The zero-order chi connectivity index (χ0) is 14.0. The minimum absolute atomic E-state index is 0.0690. The quantitative estimate of drug-likeness (QED) is 0.702. The zero-order valence-corrected chi connectivity index (χ0v) is 12.3. The molecule has 1 aliphatic carbocycles. The van der Waals surface area contributed by atoms with Crippen LogP contribution in [0.2, 0.25) is 0 Å².